The van der Waals surface area contributed by atoms with Crippen molar-refractivity contribution < 1.29 is 0 Å². The van der Waals surface area contributed by atoms with Crippen molar-refractivity contribution in [3.63, 3.8) is 0 Å². The third kappa shape index (κ3) is 1.91. The average molecular weight is 229 g/mol. The summed E-state index contributed by atoms with van der Waals surface area (Å²) in [5.41, 5.74) is 8.24. The maximum atomic E-state index is 5.69. The molecule has 0 saturated carbocycles. The van der Waals surface area contributed by atoms with Crippen LogP contribution in [0, 0.1) is 0 Å². The summed E-state index contributed by atoms with van der Waals surface area (Å²) >= 11 is 0. The number of anilines is 1. The van der Waals surface area contributed by atoms with Crippen LogP contribution in [0.4, 0.5) is 5.69 Å². The SMILES string of the molecule is NCCC1CCCN1c1ccc2[nH]ccc2c1. The van der Waals surface area contributed by atoms with Gasteiger partial charge in [-0.3, -0.25) is 0 Å². The summed E-state index contributed by atoms with van der Waals surface area (Å²) in [5, 5.41) is 1.29. The van der Waals surface area contributed by atoms with Crippen LogP contribution >= 0.6 is 0 Å². The molecule has 2 heterocycles. The standard InChI is InChI=1S/C14H19N3/c15-7-5-12-2-1-9-17(12)13-3-4-14-11(10-13)6-8-16-14/h3-4,6,8,10,12,16H,1-2,5,7,9,15H2. The predicted octanol–water partition coefficient (Wildman–Crippen LogP) is 2.49. The summed E-state index contributed by atoms with van der Waals surface area (Å²) in [6.07, 6.45) is 5.67. The zero-order chi connectivity index (χ0) is 11.7. The van der Waals surface area contributed by atoms with Crippen LogP contribution in [0.2, 0.25) is 0 Å². The van der Waals surface area contributed by atoms with E-state index in [1.165, 1.54) is 36.0 Å². The number of aromatic nitrogens is 1. The van der Waals surface area contributed by atoms with E-state index in [2.05, 4.69) is 34.1 Å². The largest absolute Gasteiger partial charge is 0.368 e. The van der Waals surface area contributed by atoms with E-state index >= 15 is 0 Å². The highest BCUT2D eigenvalue weighted by atomic mass is 15.2. The third-order valence-corrected chi connectivity index (χ3v) is 3.75. The zero-order valence-electron chi connectivity index (χ0n) is 10.0. The second-order valence-corrected chi connectivity index (χ2v) is 4.82. The van der Waals surface area contributed by atoms with Gasteiger partial charge in [0.25, 0.3) is 0 Å². The van der Waals surface area contributed by atoms with Gasteiger partial charge >= 0.3 is 0 Å². The molecule has 3 rings (SSSR count). The van der Waals surface area contributed by atoms with Crippen molar-refractivity contribution in [3.8, 4) is 0 Å². The van der Waals surface area contributed by atoms with Crippen molar-refractivity contribution in [1.82, 2.24) is 4.98 Å². The number of rotatable bonds is 3. The van der Waals surface area contributed by atoms with Gasteiger partial charge in [-0.25, -0.2) is 0 Å². The lowest BCUT2D eigenvalue weighted by Gasteiger charge is -2.26. The molecular weight excluding hydrogens is 210 g/mol. The van der Waals surface area contributed by atoms with Gasteiger partial charge in [-0.05, 0) is 50.1 Å². The molecule has 3 nitrogen and oxygen atoms in total. The first-order chi connectivity index (χ1) is 8.38. The number of benzene rings is 1. The molecule has 2 aromatic rings. The van der Waals surface area contributed by atoms with Crippen LogP contribution in [-0.4, -0.2) is 24.1 Å². The summed E-state index contributed by atoms with van der Waals surface area (Å²) in [5.74, 6) is 0. The lowest BCUT2D eigenvalue weighted by Crippen LogP contribution is -2.30. The van der Waals surface area contributed by atoms with Gasteiger partial charge in [0.05, 0.1) is 0 Å². The minimum atomic E-state index is 0.636. The van der Waals surface area contributed by atoms with Crippen molar-refractivity contribution in [2.45, 2.75) is 25.3 Å². The molecule has 1 fully saturated rings. The topological polar surface area (TPSA) is 45.0 Å². The summed E-state index contributed by atoms with van der Waals surface area (Å²) in [7, 11) is 0. The Hall–Kier alpha value is -1.48. The summed E-state index contributed by atoms with van der Waals surface area (Å²) in [4.78, 5) is 5.75. The molecule has 0 aliphatic carbocycles. The quantitative estimate of drug-likeness (QED) is 0.849. The summed E-state index contributed by atoms with van der Waals surface area (Å²) in [6, 6.07) is 9.43. The fourth-order valence-electron chi connectivity index (χ4n) is 2.89. The molecule has 1 aromatic carbocycles. The molecule has 1 aliphatic rings. The van der Waals surface area contributed by atoms with Crippen LogP contribution in [0.1, 0.15) is 19.3 Å². The Morgan fingerprint density at radius 2 is 2.29 bits per heavy atom. The smallest absolute Gasteiger partial charge is 0.0455 e. The van der Waals surface area contributed by atoms with E-state index in [9.17, 15) is 0 Å². The van der Waals surface area contributed by atoms with Gasteiger partial charge in [0.2, 0.25) is 0 Å². The second kappa shape index (κ2) is 4.41. The van der Waals surface area contributed by atoms with Gasteiger partial charge in [0.1, 0.15) is 0 Å². The van der Waals surface area contributed by atoms with Gasteiger partial charge in [-0.1, -0.05) is 0 Å². The number of nitrogens with two attached hydrogens (primary N) is 1. The molecule has 90 valence electrons. The maximum Gasteiger partial charge on any atom is 0.0455 e. The Morgan fingerprint density at radius 1 is 1.35 bits per heavy atom. The number of H-pyrrole nitrogens is 1. The van der Waals surface area contributed by atoms with Crippen molar-refractivity contribution in [1.29, 1.82) is 0 Å². The number of hydrogen-bond donors (Lipinski definition) is 2. The Bertz CT molecular complexity index is 503. The van der Waals surface area contributed by atoms with E-state index in [-0.39, 0.29) is 0 Å². The van der Waals surface area contributed by atoms with E-state index in [1.54, 1.807) is 0 Å². The highest BCUT2D eigenvalue weighted by molar-refractivity contribution is 5.83. The van der Waals surface area contributed by atoms with E-state index in [4.69, 9.17) is 5.73 Å². The number of aromatic amines is 1. The van der Waals surface area contributed by atoms with E-state index in [0.29, 0.717) is 6.04 Å². The molecule has 1 atom stereocenters. The number of nitrogens with one attached hydrogen (secondary N) is 1. The molecule has 1 aromatic heterocycles. The lowest BCUT2D eigenvalue weighted by molar-refractivity contribution is 0.619. The Morgan fingerprint density at radius 3 is 3.18 bits per heavy atom. The molecule has 1 saturated heterocycles. The predicted molar refractivity (Wildman–Crippen MR) is 72.3 cm³/mol. The zero-order valence-corrected chi connectivity index (χ0v) is 10.0. The summed E-state index contributed by atoms with van der Waals surface area (Å²) in [6.45, 7) is 1.95. The van der Waals surface area contributed by atoms with Crippen LogP contribution in [0.5, 0.6) is 0 Å². The van der Waals surface area contributed by atoms with Crippen molar-refractivity contribution >= 4 is 16.6 Å². The van der Waals surface area contributed by atoms with Crippen LogP contribution in [-0.2, 0) is 0 Å². The number of nitrogens with zero attached hydrogens (tertiary/aromatic N) is 1. The normalized spacial score (nSPS) is 20.3. The average Bonchev–Trinajstić information content (AvgIpc) is 2.96. The van der Waals surface area contributed by atoms with Crippen LogP contribution < -0.4 is 10.6 Å². The minimum absolute atomic E-state index is 0.636. The Balaban J connectivity index is 1.91. The number of fused-ring (bicyclic) bond motifs is 1. The first-order valence-corrected chi connectivity index (χ1v) is 6.42. The van der Waals surface area contributed by atoms with Crippen LogP contribution in [0.3, 0.4) is 0 Å². The molecule has 3 heteroatoms. The van der Waals surface area contributed by atoms with Crippen molar-refractivity contribution in [2.75, 3.05) is 18.0 Å². The Labute approximate surface area is 102 Å². The molecular formula is C14H19N3. The van der Waals surface area contributed by atoms with Gasteiger partial charge < -0.3 is 15.6 Å². The molecule has 0 amide bonds. The molecule has 1 aliphatic heterocycles. The molecule has 0 bridgehead atoms. The molecule has 0 radical (unpaired) electrons. The van der Waals surface area contributed by atoms with E-state index in [1.807, 2.05) is 6.20 Å². The van der Waals surface area contributed by atoms with Crippen molar-refractivity contribution in [3.05, 3.63) is 30.5 Å². The van der Waals surface area contributed by atoms with Gasteiger partial charge in [0, 0.05) is 35.4 Å². The van der Waals surface area contributed by atoms with Crippen molar-refractivity contribution in [2.24, 2.45) is 5.73 Å². The van der Waals surface area contributed by atoms with Gasteiger partial charge in [-0.15, -0.1) is 0 Å². The monoisotopic (exact) mass is 229 g/mol. The highest BCUT2D eigenvalue weighted by Gasteiger charge is 2.23. The highest BCUT2D eigenvalue weighted by Crippen LogP contribution is 2.29. The fourth-order valence-corrected chi connectivity index (χ4v) is 2.89. The van der Waals surface area contributed by atoms with Gasteiger partial charge in [0.15, 0.2) is 0 Å². The van der Waals surface area contributed by atoms with Crippen LogP contribution in [0.25, 0.3) is 10.9 Å². The molecule has 1 unspecified atom stereocenters. The Kier molecular flexibility index (Phi) is 2.77. The summed E-state index contributed by atoms with van der Waals surface area (Å²) < 4.78 is 0. The fraction of sp³-hybridized carbons (Fsp3) is 0.429. The first-order valence-electron chi connectivity index (χ1n) is 6.42. The van der Waals surface area contributed by atoms with Gasteiger partial charge in [-0.2, -0.15) is 0 Å². The maximum absolute atomic E-state index is 5.69. The first kappa shape index (κ1) is 10.7. The molecule has 17 heavy (non-hydrogen) atoms. The third-order valence-electron chi connectivity index (χ3n) is 3.75. The van der Waals surface area contributed by atoms with E-state index in [0.717, 1.165) is 13.0 Å². The molecule has 3 N–H and O–H groups in total. The van der Waals surface area contributed by atoms with E-state index < -0.39 is 0 Å². The van der Waals surface area contributed by atoms with Crippen LogP contribution in [0.15, 0.2) is 30.5 Å². The minimum Gasteiger partial charge on any atom is -0.368 e. The number of hydrogen-bond acceptors (Lipinski definition) is 2. The lowest BCUT2D eigenvalue weighted by atomic mass is 10.1. The molecule has 0 spiro atoms. The second-order valence-electron chi connectivity index (χ2n) is 4.82.